The van der Waals surface area contributed by atoms with Gasteiger partial charge in [0.2, 0.25) is 0 Å². The van der Waals surface area contributed by atoms with Crippen LogP contribution in [-0.4, -0.2) is 40.4 Å². The van der Waals surface area contributed by atoms with Crippen LogP contribution >= 0.6 is 0 Å². The minimum Gasteiger partial charge on any atom is -0.480 e. The Morgan fingerprint density at radius 2 is 1.62 bits per heavy atom. The highest BCUT2D eigenvalue weighted by Gasteiger charge is 2.54. The van der Waals surface area contributed by atoms with Crippen LogP contribution in [0.25, 0.3) is 11.1 Å². The molecule has 0 saturated carbocycles. The van der Waals surface area contributed by atoms with Gasteiger partial charge in [0.1, 0.15) is 12.6 Å². The van der Waals surface area contributed by atoms with Gasteiger partial charge in [-0.25, -0.2) is 15.2 Å². The van der Waals surface area contributed by atoms with Crippen molar-refractivity contribution in [3.63, 3.8) is 0 Å². The Morgan fingerprint density at radius 3 is 2.12 bits per heavy atom. The Kier molecular flexibility index (Phi) is 3.73. The number of nitrogens with zero attached hydrogens (tertiary/aromatic N) is 1. The molecular weight excluding hydrogens is 332 g/mol. The number of fused-ring (bicyclic) bond motifs is 3. The number of nitrogens with one attached hydrogen (secondary N) is 1. The number of carbonyl (C=O) groups excluding carboxylic acids is 1. The summed E-state index contributed by atoms with van der Waals surface area (Å²) in [4.78, 5) is 23.6. The van der Waals surface area contributed by atoms with E-state index in [1.54, 1.807) is 13.8 Å². The van der Waals surface area contributed by atoms with Crippen LogP contribution in [0.4, 0.5) is 4.79 Å². The van der Waals surface area contributed by atoms with Gasteiger partial charge in [-0.2, -0.15) is 0 Å². The van der Waals surface area contributed by atoms with Crippen LogP contribution in [0.2, 0.25) is 0 Å². The predicted octanol–water partition coefficient (Wildman–Crippen LogP) is 2.99. The van der Waals surface area contributed by atoms with Crippen molar-refractivity contribution in [2.45, 2.75) is 31.3 Å². The maximum absolute atomic E-state index is 12.4. The molecule has 1 atom stereocenters. The molecule has 1 aliphatic carbocycles. The second kappa shape index (κ2) is 5.85. The zero-order chi connectivity index (χ0) is 18.5. The van der Waals surface area contributed by atoms with Crippen LogP contribution in [0.1, 0.15) is 30.9 Å². The lowest BCUT2D eigenvalue weighted by Gasteiger charge is -2.52. The summed E-state index contributed by atoms with van der Waals surface area (Å²) in [5.74, 6) is -1.01. The molecular formula is C20H20N2O4. The minimum atomic E-state index is -0.988. The number of hydrogen-bond donors (Lipinski definition) is 2. The fraction of sp³-hybridized carbons (Fsp3) is 0.300. The van der Waals surface area contributed by atoms with Gasteiger partial charge < -0.3 is 9.84 Å². The maximum atomic E-state index is 12.4. The molecule has 0 aromatic heterocycles. The fourth-order valence-corrected chi connectivity index (χ4v) is 3.82. The number of ether oxygens (including phenoxy) is 1. The summed E-state index contributed by atoms with van der Waals surface area (Å²) in [6, 6.07) is 15.4. The summed E-state index contributed by atoms with van der Waals surface area (Å²) in [5, 5.41) is 10.4. The number of carboxylic acids is 1. The lowest BCUT2D eigenvalue weighted by atomic mass is 9.90. The van der Waals surface area contributed by atoms with Crippen molar-refractivity contribution in [1.82, 2.24) is 10.4 Å². The van der Waals surface area contributed by atoms with Crippen molar-refractivity contribution < 1.29 is 19.4 Å². The van der Waals surface area contributed by atoms with Gasteiger partial charge in [0, 0.05) is 5.92 Å². The van der Waals surface area contributed by atoms with E-state index >= 15 is 0 Å². The number of hydrogen-bond acceptors (Lipinski definition) is 4. The molecule has 2 N–H and O–H groups in total. The molecule has 2 aliphatic rings. The third-order valence-electron chi connectivity index (χ3n) is 5.31. The average molecular weight is 352 g/mol. The second-order valence-corrected chi connectivity index (χ2v) is 7.19. The molecule has 6 nitrogen and oxygen atoms in total. The molecule has 26 heavy (non-hydrogen) atoms. The Morgan fingerprint density at radius 1 is 1.08 bits per heavy atom. The third-order valence-corrected chi connectivity index (χ3v) is 5.31. The van der Waals surface area contributed by atoms with Crippen LogP contribution in [-0.2, 0) is 9.53 Å². The largest absolute Gasteiger partial charge is 0.480 e. The Labute approximate surface area is 151 Å². The van der Waals surface area contributed by atoms with E-state index in [0.717, 1.165) is 22.3 Å². The van der Waals surface area contributed by atoms with E-state index in [1.807, 2.05) is 24.3 Å². The highest BCUT2D eigenvalue weighted by Crippen LogP contribution is 2.44. The van der Waals surface area contributed by atoms with Crippen LogP contribution in [0.15, 0.2) is 48.5 Å². The van der Waals surface area contributed by atoms with E-state index in [-0.39, 0.29) is 12.5 Å². The van der Waals surface area contributed by atoms with E-state index in [4.69, 9.17) is 9.84 Å². The summed E-state index contributed by atoms with van der Waals surface area (Å²) < 4.78 is 5.54. The molecule has 0 bridgehead atoms. The number of hydrazine groups is 1. The first-order valence-corrected chi connectivity index (χ1v) is 8.55. The molecule has 1 unspecified atom stereocenters. The average Bonchev–Trinajstić information content (AvgIpc) is 2.93. The Hall–Kier alpha value is -2.86. The van der Waals surface area contributed by atoms with E-state index in [0.29, 0.717) is 0 Å². The summed E-state index contributed by atoms with van der Waals surface area (Å²) in [5.41, 5.74) is 6.41. The van der Waals surface area contributed by atoms with E-state index in [1.165, 1.54) is 5.01 Å². The molecule has 1 saturated heterocycles. The minimum absolute atomic E-state index is 0.0222. The number of benzene rings is 2. The summed E-state index contributed by atoms with van der Waals surface area (Å²) in [6.07, 6.45) is -0.561. The smallest absolute Gasteiger partial charge is 0.424 e. The monoisotopic (exact) mass is 352 g/mol. The zero-order valence-corrected chi connectivity index (χ0v) is 14.6. The van der Waals surface area contributed by atoms with Crippen molar-refractivity contribution in [2.24, 2.45) is 0 Å². The normalized spacial score (nSPS) is 20.1. The molecule has 1 aliphatic heterocycles. The standard InChI is InChI=1S/C20H20N2O4/c1-20(2)17(18(23)24)21-22(20)19(25)26-11-16-14-9-5-3-7-12(14)13-8-4-6-10-15(13)16/h3-10,16-17,21H,11H2,1-2H3,(H,23,24). The van der Waals surface area contributed by atoms with Gasteiger partial charge in [0.05, 0.1) is 5.54 Å². The van der Waals surface area contributed by atoms with E-state index in [2.05, 4.69) is 29.7 Å². The molecule has 6 heteroatoms. The third kappa shape index (κ3) is 2.37. The molecule has 4 rings (SSSR count). The van der Waals surface area contributed by atoms with Gasteiger partial charge in [0.15, 0.2) is 0 Å². The summed E-state index contributed by atoms with van der Waals surface area (Å²) >= 11 is 0. The van der Waals surface area contributed by atoms with E-state index < -0.39 is 23.6 Å². The van der Waals surface area contributed by atoms with Crippen molar-refractivity contribution in [1.29, 1.82) is 0 Å². The molecule has 2 aromatic carbocycles. The van der Waals surface area contributed by atoms with Crippen molar-refractivity contribution in [3.8, 4) is 11.1 Å². The van der Waals surface area contributed by atoms with Gasteiger partial charge in [-0.15, -0.1) is 0 Å². The number of rotatable bonds is 3. The molecule has 0 spiro atoms. The van der Waals surface area contributed by atoms with Crippen LogP contribution in [0, 0.1) is 0 Å². The topological polar surface area (TPSA) is 78.9 Å². The predicted molar refractivity (Wildman–Crippen MR) is 95.5 cm³/mol. The van der Waals surface area contributed by atoms with Gasteiger partial charge in [0.25, 0.3) is 0 Å². The van der Waals surface area contributed by atoms with Crippen LogP contribution < -0.4 is 5.43 Å². The molecule has 2 aromatic rings. The lowest BCUT2D eigenvalue weighted by molar-refractivity contribution is -0.159. The Bertz CT molecular complexity index is 847. The first kappa shape index (κ1) is 16.6. The fourth-order valence-electron chi connectivity index (χ4n) is 3.82. The lowest BCUT2D eigenvalue weighted by Crippen LogP contribution is -2.79. The highest BCUT2D eigenvalue weighted by atomic mass is 16.6. The molecule has 0 radical (unpaired) electrons. The van der Waals surface area contributed by atoms with Crippen LogP contribution in [0.3, 0.4) is 0 Å². The van der Waals surface area contributed by atoms with Crippen LogP contribution in [0.5, 0.6) is 0 Å². The SMILES string of the molecule is CC1(C)C(C(=O)O)NN1C(=O)OCC1c2ccccc2-c2ccccc21. The molecule has 1 amide bonds. The van der Waals surface area contributed by atoms with Crippen molar-refractivity contribution in [3.05, 3.63) is 59.7 Å². The quantitative estimate of drug-likeness (QED) is 0.888. The number of carbonyl (C=O) groups is 2. The summed E-state index contributed by atoms with van der Waals surface area (Å²) in [7, 11) is 0. The molecule has 1 fully saturated rings. The second-order valence-electron chi connectivity index (χ2n) is 7.19. The van der Waals surface area contributed by atoms with E-state index in [9.17, 15) is 9.59 Å². The maximum Gasteiger partial charge on any atom is 0.424 e. The number of carboxylic acid groups (broad SMARTS) is 1. The number of amides is 1. The van der Waals surface area contributed by atoms with Crippen molar-refractivity contribution in [2.75, 3.05) is 6.61 Å². The highest BCUT2D eigenvalue weighted by molar-refractivity contribution is 5.81. The first-order chi connectivity index (χ1) is 12.4. The zero-order valence-electron chi connectivity index (χ0n) is 14.6. The first-order valence-electron chi connectivity index (χ1n) is 8.55. The van der Waals surface area contributed by atoms with Crippen molar-refractivity contribution >= 4 is 12.1 Å². The van der Waals surface area contributed by atoms with Gasteiger partial charge in [-0.1, -0.05) is 48.5 Å². The van der Waals surface area contributed by atoms with Gasteiger partial charge in [-0.3, -0.25) is 4.79 Å². The Balaban J connectivity index is 1.51. The number of aliphatic carboxylic acids is 1. The summed E-state index contributed by atoms with van der Waals surface area (Å²) in [6.45, 7) is 3.60. The molecule has 1 heterocycles. The van der Waals surface area contributed by atoms with Gasteiger partial charge >= 0.3 is 12.1 Å². The van der Waals surface area contributed by atoms with Gasteiger partial charge in [-0.05, 0) is 36.1 Å². The molecule has 134 valence electrons.